The molecule has 0 fully saturated rings. The Balaban J connectivity index is 1.97. The molecule has 10 heteroatoms. The van der Waals surface area contributed by atoms with Crippen LogP contribution in [-0.4, -0.2) is 26.1 Å². The molecule has 3 aromatic heterocycles. The topological polar surface area (TPSA) is 108 Å². The average Bonchev–Trinajstić information content (AvgIpc) is 3.40. The quantitative estimate of drug-likeness (QED) is 0.312. The number of hydrogen-bond donors (Lipinski definition) is 1. The molecule has 0 aliphatic heterocycles. The summed E-state index contributed by atoms with van der Waals surface area (Å²) in [6, 6.07) is 6.36. The van der Waals surface area contributed by atoms with Gasteiger partial charge in [-0.25, -0.2) is 9.37 Å². The van der Waals surface area contributed by atoms with E-state index in [1.54, 1.807) is 25.3 Å². The van der Waals surface area contributed by atoms with E-state index < -0.39 is 5.91 Å². The summed E-state index contributed by atoms with van der Waals surface area (Å²) in [4.78, 5) is 22.2. The van der Waals surface area contributed by atoms with Crippen LogP contribution in [0.5, 0.6) is 0 Å². The first-order chi connectivity index (χ1) is 16.2. The maximum Gasteiger partial charge on any atom is 0.251 e. The van der Waals surface area contributed by atoms with Crippen molar-refractivity contribution < 1.29 is 13.6 Å². The van der Waals surface area contributed by atoms with Gasteiger partial charge in [0.05, 0.1) is 32.5 Å². The number of carbonyl (C=O) groups excluding carboxylic acids is 1. The Morgan fingerprint density at radius 3 is 2.44 bits per heavy atom. The molecule has 0 aliphatic rings. The van der Waals surface area contributed by atoms with Gasteiger partial charge < -0.3 is 10.2 Å². The number of halogens is 2. The van der Waals surface area contributed by atoms with E-state index in [4.69, 9.17) is 15.1 Å². The highest BCUT2D eigenvalue weighted by molar-refractivity contribution is 9.11. The van der Waals surface area contributed by atoms with Crippen molar-refractivity contribution in [2.24, 2.45) is 11.7 Å². The summed E-state index contributed by atoms with van der Waals surface area (Å²) in [6.07, 6.45) is 3.34. The van der Waals surface area contributed by atoms with E-state index in [2.05, 4.69) is 45.0 Å². The van der Waals surface area contributed by atoms with Crippen LogP contribution in [0.1, 0.15) is 47.0 Å². The molecule has 0 bridgehead atoms. The first-order valence-corrected chi connectivity index (χ1v) is 12.4. The van der Waals surface area contributed by atoms with E-state index in [1.807, 2.05) is 0 Å². The molecule has 0 aliphatic carbocycles. The van der Waals surface area contributed by atoms with Gasteiger partial charge in [-0.15, -0.1) is 21.5 Å². The van der Waals surface area contributed by atoms with Gasteiger partial charge in [0.1, 0.15) is 10.8 Å². The van der Waals surface area contributed by atoms with Crippen LogP contribution in [0.4, 0.5) is 4.39 Å². The van der Waals surface area contributed by atoms with E-state index in [0.29, 0.717) is 58.2 Å². The molecular formula is C24H23BrFN5O2S. The summed E-state index contributed by atoms with van der Waals surface area (Å²) >= 11 is 4.84. The van der Waals surface area contributed by atoms with Gasteiger partial charge in [0.2, 0.25) is 11.8 Å². The zero-order chi connectivity index (χ0) is 24.4. The summed E-state index contributed by atoms with van der Waals surface area (Å²) in [5, 5.41) is 8.82. The molecule has 2 N–H and O–H groups in total. The van der Waals surface area contributed by atoms with Crippen molar-refractivity contribution in [2.75, 3.05) is 0 Å². The first kappa shape index (κ1) is 24.2. The van der Waals surface area contributed by atoms with Gasteiger partial charge in [0, 0.05) is 12.5 Å². The second kappa shape index (κ2) is 10.1. The number of nitrogens with two attached hydrogens (primary N) is 1. The van der Waals surface area contributed by atoms with Crippen LogP contribution < -0.4 is 5.73 Å². The highest BCUT2D eigenvalue weighted by Gasteiger charge is 2.29. The molecule has 0 saturated carbocycles. The fraction of sp³-hybridized carbons (Fsp3) is 0.292. The number of rotatable bonds is 8. The number of amides is 1. The number of aromatic nitrogens is 4. The van der Waals surface area contributed by atoms with Crippen LogP contribution in [0.15, 0.2) is 38.7 Å². The van der Waals surface area contributed by atoms with Crippen molar-refractivity contribution in [3.63, 3.8) is 0 Å². The lowest BCUT2D eigenvalue weighted by Crippen LogP contribution is -2.20. The SMILES string of the molecule is Cc1nnc(-c2c(CCc3ccc(F)cc3)nc(CC(C)C)c(C(N)=O)c2-c2ncc(Br)s2)o1. The monoisotopic (exact) mass is 543 g/mol. The Morgan fingerprint density at radius 1 is 1.15 bits per heavy atom. The third-order valence-electron chi connectivity index (χ3n) is 5.19. The van der Waals surface area contributed by atoms with Crippen LogP contribution in [0, 0.1) is 18.7 Å². The summed E-state index contributed by atoms with van der Waals surface area (Å²) in [5.41, 5.74) is 9.56. The van der Waals surface area contributed by atoms with Gasteiger partial charge in [-0.1, -0.05) is 26.0 Å². The molecule has 1 amide bonds. The number of benzene rings is 1. The molecule has 0 unspecified atom stereocenters. The van der Waals surface area contributed by atoms with Gasteiger partial charge in [0.15, 0.2) is 0 Å². The number of primary amides is 1. The van der Waals surface area contributed by atoms with E-state index >= 15 is 0 Å². The largest absolute Gasteiger partial charge is 0.421 e. The number of carbonyl (C=O) groups is 1. The minimum Gasteiger partial charge on any atom is -0.421 e. The standard InChI is InChI=1S/C24H23BrFN5O2S/c1-12(2)10-17-19(22(27)32)21(24-28-11-18(25)34-24)20(23-31-30-13(3)33-23)16(29-17)9-6-14-4-7-15(26)8-5-14/h4-5,7-8,11-12H,6,9-10H2,1-3H3,(H2,27,32). The van der Waals surface area contributed by atoms with Crippen LogP contribution in [0.3, 0.4) is 0 Å². The lowest BCUT2D eigenvalue weighted by Gasteiger charge is -2.18. The number of aryl methyl sites for hydroxylation is 3. The van der Waals surface area contributed by atoms with Gasteiger partial charge in [-0.2, -0.15) is 0 Å². The van der Waals surface area contributed by atoms with Gasteiger partial charge >= 0.3 is 0 Å². The molecule has 1 aromatic carbocycles. The third kappa shape index (κ3) is 5.23. The van der Waals surface area contributed by atoms with Crippen molar-refractivity contribution in [3.8, 4) is 22.0 Å². The number of nitrogens with zero attached hydrogens (tertiary/aromatic N) is 4. The Bertz CT molecular complexity index is 1330. The summed E-state index contributed by atoms with van der Waals surface area (Å²) < 4.78 is 20.0. The van der Waals surface area contributed by atoms with Crippen LogP contribution in [0.2, 0.25) is 0 Å². The highest BCUT2D eigenvalue weighted by Crippen LogP contribution is 2.41. The molecular weight excluding hydrogens is 521 g/mol. The second-order valence-corrected chi connectivity index (χ2v) is 10.7. The normalized spacial score (nSPS) is 11.4. The molecule has 0 spiro atoms. The maximum absolute atomic E-state index is 13.4. The Kier molecular flexibility index (Phi) is 7.18. The summed E-state index contributed by atoms with van der Waals surface area (Å²) in [5.74, 6) is -0.00260. The van der Waals surface area contributed by atoms with Crippen molar-refractivity contribution in [3.05, 3.63) is 68.5 Å². The predicted molar refractivity (Wildman–Crippen MR) is 132 cm³/mol. The molecule has 7 nitrogen and oxygen atoms in total. The van der Waals surface area contributed by atoms with E-state index in [-0.39, 0.29) is 17.6 Å². The van der Waals surface area contributed by atoms with Crippen molar-refractivity contribution in [1.29, 1.82) is 0 Å². The number of thiazole rings is 1. The lowest BCUT2D eigenvalue weighted by atomic mass is 9.92. The minimum atomic E-state index is -0.591. The molecule has 176 valence electrons. The molecule has 3 heterocycles. The Hall–Kier alpha value is -2.98. The summed E-state index contributed by atoms with van der Waals surface area (Å²) in [7, 11) is 0. The first-order valence-electron chi connectivity index (χ1n) is 10.7. The smallest absolute Gasteiger partial charge is 0.251 e. The summed E-state index contributed by atoms with van der Waals surface area (Å²) in [6.45, 7) is 5.81. The van der Waals surface area contributed by atoms with Crippen LogP contribution in [-0.2, 0) is 19.3 Å². The lowest BCUT2D eigenvalue weighted by molar-refractivity contribution is 0.0999. The fourth-order valence-corrected chi connectivity index (χ4v) is 5.06. The maximum atomic E-state index is 13.4. The molecule has 0 atom stereocenters. The molecule has 4 rings (SSSR count). The van der Waals surface area contributed by atoms with Gasteiger partial charge in [-0.05, 0) is 58.8 Å². The van der Waals surface area contributed by atoms with E-state index in [1.165, 1.54) is 23.5 Å². The third-order valence-corrected chi connectivity index (χ3v) is 6.68. The average molecular weight is 544 g/mol. The fourth-order valence-electron chi connectivity index (χ4n) is 3.79. The Labute approximate surface area is 208 Å². The number of pyridine rings is 1. The highest BCUT2D eigenvalue weighted by atomic mass is 79.9. The van der Waals surface area contributed by atoms with Crippen molar-refractivity contribution in [1.82, 2.24) is 20.2 Å². The Morgan fingerprint density at radius 2 is 1.88 bits per heavy atom. The van der Waals surface area contributed by atoms with Crippen LogP contribution in [0.25, 0.3) is 22.0 Å². The molecule has 0 radical (unpaired) electrons. The molecule has 34 heavy (non-hydrogen) atoms. The van der Waals surface area contributed by atoms with E-state index in [9.17, 15) is 9.18 Å². The minimum absolute atomic E-state index is 0.239. The predicted octanol–water partition coefficient (Wildman–Crippen LogP) is 5.55. The van der Waals surface area contributed by atoms with E-state index in [0.717, 1.165) is 9.35 Å². The number of hydrogen-bond acceptors (Lipinski definition) is 7. The van der Waals surface area contributed by atoms with Crippen LogP contribution >= 0.6 is 27.3 Å². The molecule has 4 aromatic rings. The molecule has 0 saturated heterocycles. The zero-order valence-corrected chi connectivity index (χ0v) is 21.3. The van der Waals surface area contributed by atoms with Crippen molar-refractivity contribution >= 4 is 33.2 Å². The van der Waals surface area contributed by atoms with Crippen molar-refractivity contribution in [2.45, 2.75) is 40.0 Å². The zero-order valence-electron chi connectivity index (χ0n) is 18.9. The second-order valence-electron chi connectivity index (χ2n) is 8.31. The van der Waals surface area contributed by atoms with Gasteiger partial charge in [-0.3, -0.25) is 9.78 Å². The van der Waals surface area contributed by atoms with Gasteiger partial charge in [0.25, 0.3) is 5.91 Å².